The molecule has 6 heteroatoms. The van der Waals surface area contributed by atoms with Gasteiger partial charge in [-0.05, 0) is 37.1 Å². The minimum atomic E-state index is 0.196. The molecule has 3 aromatic rings. The van der Waals surface area contributed by atoms with Crippen LogP contribution >= 0.6 is 0 Å². The van der Waals surface area contributed by atoms with Gasteiger partial charge in [0.25, 0.3) is 0 Å². The first-order valence-electron chi connectivity index (χ1n) is 7.12. The summed E-state index contributed by atoms with van der Waals surface area (Å²) in [7, 11) is 0. The van der Waals surface area contributed by atoms with Crippen LogP contribution in [0.1, 0.15) is 32.4 Å². The van der Waals surface area contributed by atoms with E-state index in [1.165, 1.54) is 5.56 Å². The summed E-state index contributed by atoms with van der Waals surface area (Å²) in [6.45, 7) is 6.18. The van der Waals surface area contributed by atoms with E-state index in [0.717, 1.165) is 17.7 Å². The zero-order valence-corrected chi connectivity index (χ0v) is 12.4. The first-order chi connectivity index (χ1) is 10.2. The fraction of sp³-hybridized carbons (Fsp3) is 0.333. The summed E-state index contributed by atoms with van der Waals surface area (Å²) in [6.07, 6.45) is 4.68. The molecule has 3 rings (SSSR count). The number of aryl methyl sites for hydroxylation is 1. The van der Waals surface area contributed by atoms with Crippen molar-refractivity contribution in [3.8, 4) is 17.1 Å². The monoisotopic (exact) mass is 282 g/mol. The van der Waals surface area contributed by atoms with Crippen molar-refractivity contribution < 1.29 is 0 Å². The van der Waals surface area contributed by atoms with E-state index in [2.05, 4.69) is 39.6 Å². The topological polar surface area (TPSA) is 61.4 Å². The van der Waals surface area contributed by atoms with E-state index >= 15 is 0 Å². The highest BCUT2D eigenvalue weighted by molar-refractivity contribution is 5.53. The number of hydrogen-bond donors (Lipinski definition) is 0. The molecule has 0 aliphatic carbocycles. The number of aromatic nitrogens is 6. The summed E-state index contributed by atoms with van der Waals surface area (Å²) in [5.41, 5.74) is 3.21. The number of rotatable bonds is 4. The van der Waals surface area contributed by atoms with Crippen molar-refractivity contribution in [1.29, 1.82) is 0 Å². The molecule has 0 bridgehead atoms. The summed E-state index contributed by atoms with van der Waals surface area (Å²) in [6, 6.07) is 8.44. The molecule has 1 aromatic carbocycles. The highest BCUT2D eigenvalue weighted by atomic mass is 15.6. The molecular weight excluding hydrogens is 264 g/mol. The Morgan fingerprint density at radius 3 is 2.71 bits per heavy atom. The molecule has 108 valence electrons. The van der Waals surface area contributed by atoms with E-state index in [1.807, 2.05) is 36.9 Å². The molecule has 0 amide bonds. The Hall–Kier alpha value is -2.50. The van der Waals surface area contributed by atoms with Crippen molar-refractivity contribution in [2.24, 2.45) is 0 Å². The molecule has 0 unspecified atom stereocenters. The van der Waals surface area contributed by atoms with Crippen molar-refractivity contribution in [3.05, 3.63) is 42.2 Å². The lowest BCUT2D eigenvalue weighted by Crippen LogP contribution is -2.04. The lowest BCUT2D eigenvalue weighted by atomic mass is 10.1. The summed E-state index contributed by atoms with van der Waals surface area (Å²) in [5, 5.41) is 16.9. The molecule has 21 heavy (non-hydrogen) atoms. The maximum atomic E-state index is 4.43. The molecule has 2 aromatic heterocycles. The zero-order valence-electron chi connectivity index (χ0n) is 12.4. The van der Waals surface area contributed by atoms with Crippen LogP contribution in [0.3, 0.4) is 0 Å². The Labute approximate surface area is 123 Å². The Morgan fingerprint density at radius 2 is 2.00 bits per heavy atom. The van der Waals surface area contributed by atoms with E-state index in [-0.39, 0.29) is 6.04 Å². The molecule has 0 aliphatic rings. The van der Waals surface area contributed by atoms with Gasteiger partial charge in [-0.2, -0.15) is 9.90 Å². The van der Waals surface area contributed by atoms with Crippen LogP contribution in [0.4, 0.5) is 0 Å². The molecule has 0 aliphatic heterocycles. The van der Waals surface area contributed by atoms with Crippen molar-refractivity contribution in [3.63, 3.8) is 0 Å². The predicted molar refractivity (Wildman–Crippen MR) is 80.1 cm³/mol. The van der Waals surface area contributed by atoms with Gasteiger partial charge in [0.2, 0.25) is 5.82 Å². The van der Waals surface area contributed by atoms with Gasteiger partial charge >= 0.3 is 0 Å². The van der Waals surface area contributed by atoms with Crippen LogP contribution in [0, 0.1) is 0 Å². The summed E-state index contributed by atoms with van der Waals surface area (Å²) in [5.74, 6) is 0.601. The van der Waals surface area contributed by atoms with Gasteiger partial charge in [0.15, 0.2) is 0 Å². The minimum absolute atomic E-state index is 0.196. The quantitative estimate of drug-likeness (QED) is 0.738. The van der Waals surface area contributed by atoms with Gasteiger partial charge in [-0.15, -0.1) is 10.2 Å². The SMILES string of the molecule is CCc1ccccc1-n1cc(-c2nnn(C(C)C)n2)cn1. The van der Waals surface area contributed by atoms with E-state index in [0.29, 0.717) is 5.82 Å². The third-order valence-corrected chi connectivity index (χ3v) is 3.35. The molecule has 0 saturated heterocycles. The third kappa shape index (κ3) is 2.56. The van der Waals surface area contributed by atoms with Gasteiger partial charge < -0.3 is 0 Å². The standard InChI is InChI=1S/C15H18N6/c1-4-12-7-5-6-8-14(12)20-10-13(9-16-20)15-17-19-21(18-15)11(2)3/h5-11H,4H2,1-3H3. The maximum Gasteiger partial charge on any atom is 0.208 e. The van der Waals surface area contributed by atoms with Gasteiger partial charge in [0, 0.05) is 6.20 Å². The van der Waals surface area contributed by atoms with Crippen LogP contribution in [0.25, 0.3) is 17.1 Å². The smallest absolute Gasteiger partial charge is 0.208 e. The average Bonchev–Trinajstić information content (AvgIpc) is 3.16. The fourth-order valence-electron chi connectivity index (χ4n) is 2.16. The summed E-state index contributed by atoms with van der Waals surface area (Å²) >= 11 is 0. The number of hydrogen-bond acceptors (Lipinski definition) is 4. The van der Waals surface area contributed by atoms with Crippen LogP contribution in [-0.4, -0.2) is 30.0 Å². The van der Waals surface area contributed by atoms with E-state index < -0.39 is 0 Å². The van der Waals surface area contributed by atoms with Gasteiger partial charge in [0.1, 0.15) is 0 Å². The molecule has 6 nitrogen and oxygen atoms in total. The maximum absolute atomic E-state index is 4.43. The first kappa shape index (κ1) is 13.5. The van der Waals surface area contributed by atoms with Crippen molar-refractivity contribution >= 4 is 0 Å². The fourth-order valence-corrected chi connectivity index (χ4v) is 2.16. The van der Waals surface area contributed by atoms with Crippen LogP contribution in [0.5, 0.6) is 0 Å². The molecule has 0 saturated carbocycles. The lowest BCUT2D eigenvalue weighted by molar-refractivity contribution is 0.455. The van der Waals surface area contributed by atoms with Crippen LogP contribution in [0.2, 0.25) is 0 Å². The normalized spacial score (nSPS) is 11.2. The molecule has 0 N–H and O–H groups in total. The largest absolute Gasteiger partial charge is 0.240 e. The molecule has 0 spiro atoms. The van der Waals surface area contributed by atoms with Gasteiger partial charge in [-0.1, -0.05) is 25.1 Å². The minimum Gasteiger partial charge on any atom is -0.240 e. The number of para-hydroxylation sites is 1. The van der Waals surface area contributed by atoms with Gasteiger partial charge in [0.05, 0.1) is 23.5 Å². The van der Waals surface area contributed by atoms with E-state index in [9.17, 15) is 0 Å². The molecule has 0 atom stereocenters. The van der Waals surface area contributed by atoms with E-state index in [1.54, 1.807) is 11.0 Å². The number of nitrogens with zero attached hydrogens (tertiary/aromatic N) is 6. The van der Waals surface area contributed by atoms with Crippen molar-refractivity contribution in [2.45, 2.75) is 33.2 Å². The molecule has 0 fully saturated rings. The highest BCUT2D eigenvalue weighted by Crippen LogP contribution is 2.19. The highest BCUT2D eigenvalue weighted by Gasteiger charge is 2.11. The summed E-state index contributed by atoms with van der Waals surface area (Å²) in [4.78, 5) is 1.60. The molecule has 2 heterocycles. The molecule has 0 radical (unpaired) electrons. The Balaban J connectivity index is 1.96. The van der Waals surface area contributed by atoms with Crippen LogP contribution in [-0.2, 0) is 6.42 Å². The Morgan fingerprint density at radius 1 is 1.19 bits per heavy atom. The van der Waals surface area contributed by atoms with Crippen LogP contribution in [0.15, 0.2) is 36.7 Å². The van der Waals surface area contributed by atoms with E-state index in [4.69, 9.17) is 0 Å². The van der Waals surface area contributed by atoms with Crippen molar-refractivity contribution in [2.75, 3.05) is 0 Å². The second-order valence-corrected chi connectivity index (χ2v) is 5.18. The second-order valence-electron chi connectivity index (χ2n) is 5.18. The van der Waals surface area contributed by atoms with Gasteiger partial charge in [-0.25, -0.2) is 4.68 Å². The predicted octanol–water partition coefficient (Wildman–Crippen LogP) is 2.67. The van der Waals surface area contributed by atoms with Gasteiger partial charge in [-0.3, -0.25) is 0 Å². The third-order valence-electron chi connectivity index (χ3n) is 3.35. The molecular formula is C15H18N6. The average molecular weight is 282 g/mol. The first-order valence-corrected chi connectivity index (χ1v) is 7.12. The zero-order chi connectivity index (χ0) is 14.8. The Bertz CT molecular complexity index is 740. The summed E-state index contributed by atoms with van der Waals surface area (Å²) < 4.78 is 1.87. The Kier molecular flexibility index (Phi) is 3.51. The second kappa shape index (κ2) is 5.47. The number of tetrazole rings is 1. The van der Waals surface area contributed by atoms with Crippen LogP contribution < -0.4 is 0 Å². The van der Waals surface area contributed by atoms with Crippen molar-refractivity contribution in [1.82, 2.24) is 30.0 Å². The number of benzene rings is 1. The lowest BCUT2D eigenvalue weighted by Gasteiger charge is -2.06.